The Labute approximate surface area is 141 Å². The number of morpholine rings is 1. The van der Waals surface area contributed by atoms with Crippen molar-refractivity contribution >= 4 is 5.91 Å². The maximum atomic E-state index is 14.1. The van der Waals surface area contributed by atoms with Gasteiger partial charge in [0.2, 0.25) is 0 Å². The number of ether oxygens (including phenoxy) is 1. The first kappa shape index (κ1) is 16.6. The summed E-state index contributed by atoms with van der Waals surface area (Å²) in [4.78, 5) is 14.7. The summed E-state index contributed by atoms with van der Waals surface area (Å²) >= 11 is 0. The number of carbonyl (C=O) groups excluding carboxylic acids is 1. The molecule has 0 saturated carbocycles. The number of carbonyl (C=O) groups is 1. The minimum atomic E-state index is -0.338. The van der Waals surface area contributed by atoms with Crippen LogP contribution in [0.3, 0.4) is 0 Å². The van der Waals surface area contributed by atoms with E-state index in [1.807, 2.05) is 7.05 Å². The summed E-state index contributed by atoms with van der Waals surface area (Å²) in [5, 5.41) is 2.91. The Bertz CT molecular complexity index is 720. The Morgan fingerprint density at radius 1 is 1.21 bits per heavy atom. The highest BCUT2D eigenvalue weighted by Gasteiger charge is 2.20. The van der Waals surface area contributed by atoms with E-state index in [1.54, 1.807) is 42.5 Å². The Morgan fingerprint density at radius 3 is 2.67 bits per heavy atom. The summed E-state index contributed by atoms with van der Waals surface area (Å²) in [5.74, 6) is -0.555. The predicted octanol–water partition coefficient (Wildman–Crippen LogP) is 2.55. The molecule has 1 N–H and O–H groups in total. The predicted molar refractivity (Wildman–Crippen MR) is 91.4 cm³/mol. The molecule has 0 spiro atoms. The number of nitrogens with one attached hydrogen (secondary N) is 1. The van der Waals surface area contributed by atoms with Gasteiger partial charge in [0.15, 0.2) is 0 Å². The third-order valence-electron chi connectivity index (χ3n) is 4.17. The van der Waals surface area contributed by atoms with Gasteiger partial charge in [0.25, 0.3) is 5.91 Å². The van der Waals surface area contributed by atoms with Gasteiger partial charge in [0.05, 0.1) is 12.7 Å². The fourth-order valence-electron chi connectivity index (χ4n) is 2.89. The van der Waals surface area contributed by atoms with E-state index in [0.29, 0.717) is 29.8 Å². The second kappa shape index (κ2) is 7.55. The molecule has 1 amide bonds. The van der Waals surface area contributed by atoms with Crippen LogP contribution >= 0.6 is 0 Å². The van der Waals surface area contributed by atoms with Gasteiger partial charge in [-0.25, -0.2) is 4.39 Å². The van der Waals surface area contributed by atoms with Crippen LogP contribution in [0.4, 0.5) is 4.39 Å². The molecule has 126 valence electrons. The molecule has 4 nitrogen and oxygen atoms in total. The minimum Gasteiger partial charge on any atom is -0.374 e. The van der Waals surface area contributed by atoms with Gasteiger partial charge in [-0.3, -0.25) is 4.79 Å². The lowest BCUT2D eigenvalue weighted by atomic mass is 9.98. The van der Waals surface area contributed by atoms with Gasteiger partial charge >= 0.3 is 0 Å². The van der Waals surface area contributed by atoms with Crippen LogP contribution in [0.1, 0.15) is 10.4 Å². The molecule has 1 fully saturated rings. The van der Waals surface area contributed by atoms with Gasteiger partial charge in [0, 0.05) is 30.8 Å². The molecule has 5 heteroatoms. The van der Waals surface area contributed by atoms with Crippen LogP contribution in [-0.2, 0) is 4.74 Å². The molecule has 2 aromatic rings. The van der Waals surface area contributed by atoms with Gasteiger partial charge in [0.1, 0.15) is 5.82 Å². The molecule has 3 rings (SSSR count). The Kier molecular flexibility index (Phi) is 5.23. The van der Waals surface area contributed by atoms with Crippen LogP contribution in [0.15, 0.2) is 48.5 Å². The molecule has 1 saturated heterocycles. The molecule has 1 unspecified atom stereocenters. The zero-order chi connectivity index (χ0) is 16.9. The fourth-order valence-corrected chi connectivity index (χ4v) is 2.89. The van der Waals surface area contributed by atoms with E-state index >= 15 is 0 Å². The molecule has 2 aromatic carbocycles. The van der Waals surface area contributed by atoms with Gasteiger partial charge in [-0.1, -0.05) is 36.4 Å². The number of nitrogens with zero attached hydrogens (tertiary/aromatic N) is 1. The normalized spacial score (nSPS) is 18.3. The lowest BCUT2D eigenvalue weighted by Gasteiger charge is -2.30. The average Bonchev–Trinajstić information content (AvgIpc) is 2.60. The largest absolute Gasteiger partial charge is 0.374 e. The van der Waals surface area contributed by atoms with E-state index in [4.69, 9.17) is 4.74 Å². The van der Waals surface area contributed by atoms with E-state index < -0.39 is 0 Å². The van der Waals surface area contributed by atoms with Crippen LogP contribution in [-0.4, -0.2) is 50.2 Å². The van der Waals surface area contributed by atoms with Gasteiger partial charge in [-0.15, -0.1) is 0 Å². The van der Waals surface area contributed by atoms with Crippen molar-refractivity contribution in [3.8, 4) is 11.1 Å². The van der Waals surface area contributed by atoms with Crippen LogP contribution in [0.2, 0.25) is 0 Å². The second-order valence-corrected chi connectivity index (χ2v) is 5.99. The lowest BCUT2D eigenvalue weighted by molar-refractivity contribution is -0.0175. The number of hydrogen-bond acceptors (Lipinski definition) is 3. The zero-order valence-corrected chi connectivity index (χ0v) is 13.7. The summed E-state index contributed by atoms with van der Waals surface area (Å²) in [6.45, 7) is 2.80. The van der Waals surface area contributed by atoms with Crippen LogP contribution in [0, 0.1) is 5.82 Å². The maximum Gasteiger partial charge on any atom is 0.252 e. The van der Waals surface area contributed by atoms with E-state index in [2.05, 4.69) is 10.2 Å². The number of halogens is 1. The zero-order valence-electron chi connectivity index (χ0n) is 13.7. The average molecular weight is 328 g/mol. The summed E-state index contributed by atoms with van der Waals surface area (Å²) in [6.07, 6.45) is -0.0201. The number of hydrogen-bond donors (Lipinski definition) is 1. The monoisotopic (exact) mass is 328 g/mol. The highest BCUT2D eigenvalue weighted by molar-refractivity contribution is 6.00. The topological polar surface area (TPSA) is 41.6 Å². The minimum absolute atomic E-state index is 0.0201. The Balaban J connectivity index is 1.75. The highest BCUT2D eigenvalue weighted by atomic mass is 19.1. The van der Waals surface area contributed by atoms with Crippen LogP contribution < -0.4 is 5.32 Å². The first-order valence-electron chi connectivity index (χ1n) is 8.07. The van der Waals surface area contributed by atoms with Gasteiger partial charge < -0.3 is 15.0 Å². The maximum absolute atomic E-state index is 14.1. The molecule has 24 heavy (non-hydrogen) atoms. The van der Waals surface area contributed by atoms with E-state index in [9.17, 15) is 9.18 Å². The standard InChI is InChI=1S/C19H21FN2O2/c1-22-10-11-24-14(13-22)12-21-19(23)17-8-3-2-6-15(17)16-7-4-5-9-18(16)20/h2-9,14H,10-13H2,1H3,(H,21,23). The van der Waals surface area contributed by atoms with Crippen molar-refractivity contribution in [2.24, 2.45) is 0 Å². The number of amides is 1. The molecule has 1 aliphatic rings. The summed E-state index contributed by atoms with van der Waals surface area (Å²) in [7, 11) is 2.03. The van der Waals surface area contributed by atoms with E-state index in [0.717, 1.165) is 13.1 Å². The van der Waals surface area contributed by atoms with Gasteiger partial charge in [-0.2, -0.15) is 0 Å². The summed E-state index contributed by atoms with van der Waals surface area (Å²) < 4.78 is 19.7. The first-order chi connectivity index (χ1) is 11.6. The molecule has 0 radical (unpaired) electrons. The van der Waals surface area contributed by atoms with Gasteiger partial charge in [-0.05, 0) is 24.7 Å². The molecule has 1 aliphatic heterocycles. The number of rotatable bonds is 4. The smallest absolute Gasteiger partial charge is 0.252 e. The fraction of sp³-hybridized carbons (Fsp3) is 0.316. The molecule has 1 atom stereocenters. The van der Waals surface area contributed by atoms with E-state index in [-0.39, 0.29) is 17.8 Å². The van der Waals surface area contributed by atoms with E-state index in [1.165, 1.54) is 6.07 Å². The van der Waals surface area contributed by atoms with Crippen molar-refractivity contribution in [1.82, 2.24) is 10.2 Å². The Hall–Kier alpha value is -2.24. The Morgan fingerprint density at radius 2 is 1.92 bits per heavy atom. The van der Waals surface area contributed by atoms with Crippen molar-refractivity contribution in [2.45, 2.75) is 6.10 Å². The third kappa shape index (κ3) is 3.80. The highest BCUT2D eigenvalue weighted by Crippen LogP contribution is 2.26. The quantitative estimate of drug-likeness (QED) is 0.938. The number of likely N-dealkylation sites (N-methyl/N-ethyl adjacent to an activating group) is 1. The molecule has 0 bridgehead atoms. The number of benzene rings is 2. The first-order valence-corrected chi connectivity index (χ1v) is 8.07. The molecule has 0 aliphatic carbocycles. The van der Waals surface area contributed by atoms with Crippen molar-refractivity contribution in [2.75, 3.05) is 33.3 Å². The second-order valence-electron chi connectivity index (χ2n) is 5.99. The molecule has 0 aromatic heterocycles. The molecule has 1 heterocycles. The summed E-state index contributed by atoms with van der Waals surface area (Å²) in [6, 6.07) is 13.5. The van der Waals surface area contributed by atoms with Crippen LogP contribution in [0.5, 0.6) is 0 Å². The SMILES string of the molecule is CN1CCOC(CNC(=O)c2ccccc2-c2ccccc2F)C1. The third-order valence-corrected chi connectivity index (χ3v) is 4.17. The molecular formula is C19H21FN2O2. The van der Waals surface area contributed by atoms with Crippen molar-refractivity contribution in [3.05, 3.63) is 59.9 Å². The van der Waals surface area contributed by atoms with Crippen molar-refractivity contribution < 1.29 is 13.9 Å². The van der Waals surface area contributed by atoms with Crippen LogP contribution in [0.25, 0.3) is 11.1 Å². The lowest BCUT2D eigenvalue weighted by Crippen LogP contribution is -2.46. The molecular weight excluding hydrogens is 307 g/mol. The van der Waals surface area contributed by atoms with Crippen molar-refractivity contribution in [1.29, 1.82) is 0 Å². The van der Waals surface area contributed by atoms with Crippen molar-refractivity contribution in [3.63, 3.8) is 0 Å². The summed E-state index contributed by atoms with van der Waals surface area (Å²) in [5.41, 5.74) is 1.48.